The molecule has 9 nitrogen and oxygen atoms in total. The van der Waals surface area contributed by atoms with E-state index in [1.54, 1.807) is 26.5 Å². The van der Waals surface area contributed by atoms with Crippen molar-refractivity contribution in [2.75, 3.05) is 9.73 Å². The first kappa shape index (κ1) is 21.9. The molecule has 0 saturated carbocycles. The third-order valence-corrected chi connectivity index (χ3v) is 5.27. The molecule has 0 fully saturated rings. The highest BCUT2D eigenvalue weighted by molar-refractivity contribution is 7.87. The monoisotopic (exact) mass is 464 g/mol. The van der Waals surface area contributed by atoms with E-state index < -0.39 is 16.1 Å². The van der Waals surface area contributed by atoms with Gasteiger partial charge in [0.15, 0.2) is 0 Å². The van der Waals surface area contributed by atoms with Crippen molar-refractivity contribution in [3.05, 3.63) is 96.3 Å². The van der Waals surface area contributed by atoms with Gasteiger partial charge in [-0.15, -0.1) is 10.2 Å². The van der Waals surface area contributed by atoms with Gasteiger partial charge in [0.25, 0.3) is 0 Å². The van der Waals surface area contributed by atoms with Crippen molar-refractivity contribution in [1.82, 2.24) is 14.9 Å². The lowest BCUT2D eigenvalue weighted by atomic mass is 9.99. The van der Waals surface area contributed by atoms with Crippen molar-refractivity contribution >= 4 is 21.7 Å². The normalized spacial score (nSPS) is 11.1. The molecule has 0 aliphatic rings. The molecule has 0 aliphatic heterocycles. The molecule has 0 amide bonds. The molecule has 33 heavy (non-hydrogen) atoms. The minimum atomic E-state index is -4.60. The molecule has 0 spiro atoms. The third-order valence-electron chi connectivity index (χ3n) is 4.80. The average molecular weight is 464 g/mol. The number of benzene rings is 3. The highest BCUT2D eigenvalue weighted by atomic mass is 32.2. The van der Waals surface area contributed by atoms with Crippen LogP contribution in [0.25, 0.3) is 11.1 Å². The lowest BCUT2D eigenvalue weighted by molar-refractivity contribution is 0.489. The SMILES string of the molecule is N#Cc1ccc(N(Cc2ccc(NS(=O)(=O)O)c(F)c2)n2cnnc2)cc1-c1ccccc1. The maximum absolute atomic E-state index is 14.4. The lowest BCUT2D eigenvalue weighted by Crippen LogP contribution is -2.28. The van der Waals surface area contributed by atoms with E-state index in [1.165, 1.54) is 24.8 Å². The van der Waals surface area contributed by atoms with Crippen LogP contribution < -0.4 is 9.73 Å². The number of hydrogen-bond acceptors (Lipinski definition) is 6. The van der Waals surface area contributed by atoms with Crippen LogP contribution in [-0.2, 0) is 16.8 Å². The van der Waals surface area contributed by atoms with Gasteiger partial charge in [0.2, 0.25) is 0 Å². The maximum Gasteiger partial charge on any atom is 0.357 e. The van der Waals surface area contributed by atoms with Gasteiger partial charge in [-0.1, -0.05) is 36.4 Å². The molecule has 0 unspecified atom stereocenters. The predicted molar refractivity (Wildman–Crippen MR) is 120 cm³/mol. The molecule has 1 heterocycles. The molecule has 2 N–H and O–H groups in total. The molecule has 4 aromatic rings. The quantitative estimate of drug-likeness (QED) is 0.400. The van der Waals surface area contributed by atoms with E-state index in [0.717, 1.165) is 17.2 Å². The number of nitrogens with zero attached hydrogens (tertiary/aromatic N) is 5. The van der Waals surface area contributed by atoms with Gasteiger partial charge in [-0.25, -0.2) is 9.07 Å². The third kappa shape index (κ3) is 5.15. The molecule has 0 radical (unpaired) electrons. The standard InChI is InChI=1S/C22H17FN6O3S/c23-21-10-16(6-9-22(21)27-33(30,31)32)13-29(28-14-25-26-15-28)19-8-7-18(12-24)20(11-19)17-4-2-1-3-5-17/h1-11,14-15,27H,13H2,(H,30,31,32). The van der Waals surface area contributed by atoms with Crippen molar-refractivity contribution < 1.29 is 17.4 Å². The van der Waals surface area contributed by atoms with E-state index in [0.29, 0.717) is 16.8 Å². The van der Waals surface area contributed by atoms with Crippen LogP contribution >= 0.6 is 0 Å². The minimum Gasteiger partial charge on any atom is -0.274 e. The van der Waals surface area contributed by atoms with Gasteiger partial charge >= 0.3 is 10.3 Å². The van der Waals surface area contributed by atoms with Crippen LogP contribution in [0.5, 0.6) is 0 Å². The molecular formula is C22H17FN6O3S. The van der Waals surface area contributed by atoms with E-state index in [2.05, 4.69) is 16.3 Å². The Morgan fingerprint density at radius 1 is 1.06 bits per heavy atom. The van der Waals surface area contributed by atoms with E-state index in [1.807, 2.05) is 36.4 Å². The summed E-state index contributed by atoms with van der Waals surface area (Å²) < 4.78 is 48.6. The number of nitriles is 1. The van der Waals surface area contributed by atoms with E-state index >= 15 is 0 Å². The van der Waals surface area contributed by atoms with Crippen molar-refractivity contribution in [2.24, 2.45) is 0 Å². The molecule has 166 valence electrons. The Kier molecular flexibility index (Phi) is 6.03. The number of anilines is 2. The Bertz CT molecular complexity index is 1420. The summed E-state index contributed by atoms with van der Waals surface area (Å²) in [5, 5.41) is 19.0. The van der Waals surface area contributed by atoms with E-state index in [4.69, 9.17) is 4.55 Å². The van der Waals surface area contributed by atoms with Gasteiger partial charge in [0.1, 0.15) is 18.5 Å². The molecular weight excluding hydrogens is 447 g/mol. The molecule has 0 aliphatic carbocycles. The Hall–Kier alpha value is -4.27. The summed E-state index contributed by atoms with van der Waals surface area (Å²) in [7, 11) is -4.60. The van der Waals surface area contributed by atoms with Crippen LogP contribution in [0.3, 0.4) is 0 Å². The summed E-state index contributed by atoms with van der Waals surface area (Å²) in [5.41, 5.74) is 2.92. The van der Waals surface area contributed by atoms with Crippen molar-refractivity contribution in [2.45, 2.75) is 6.54 Å². The van der Waals surface area contributed by atoms with Gasteiger partial charge in [-0.2, -0.15) is 13.7 Å². The van der Waals surface area contributed by atoms with Crippen LogP contribution in [0, 0.1) is 17.1 Å². The van der Waals surface area contributed by atoms with Gasteiger partial charge < -0.3 is 0 Å². The zero-order valence-corrected chi connectivity index (χ0v) is 17.8. The van der Waals surface area contributed by atoms with Gasteiger partial charge in [-0.3, -0.25) is 14.3 Å². The fraction of sp³-hybridized carbons (Fsp3) is 0.0455. The van der Waals surface area contributed by atoms with Crippen LogP contribution in [-0.4, -0.2) is 27.8 Å². The smallest absolute Gasteiger partial charge is 0.274 e. The van der Waals surface area contributed by atoms with Crippen LogP contribution in [0.1, 0.15) is 11.1 Å². The van der Waals surface area contributed by atoms with Gasteiger partial charge in [0.05, 0.1) is 29.6 Å². The van der Waals surface area contributed by atoms with Crippen LogP contribution in [0.15, 0.2) is 79.4 Å². The zero-order valence-electron chi connectivity index (χ0n) is 17.0. The molecule has 0 bridgehead atoms. The number of rotatable bonds is 7. The molecule has 0 atom stereocenters. The highest BCUT2D eigenvalue weighted by Gasteiger charge is 2.16. The predicted octanol–water partition coefficient (Wildman–Crippen LogP) is 3.64. The Labute approximate surface area is 189 Å². The van der Waals surface area contributed by atoms with Crippen molar-refractivity contribution in [1.29, 1.82) is 5.26 Å². The molecule has 1 aromatic heterocycles. The van der Waals surface area contributed by atoms with Gasteiger partial charge in [-0.05, 0) is 41.5 Å². The summed E-state index contributed by atoms with van der Waals surface area (Å²) in [6.45, 7) is 0.168. The summed E-state index contributed by atoms with van der Waals surface area (Å²) >= 11 is 0. The minimum absolute atomic E-state index is 0.168. The first-order chi connectivity index (χ1) is 15.8. The molecule has 11 heteroatoms. The Morgan fingerprint density at radius 3 is 2.42 bits per heavy atom. The maximum atomic E-state index is 14.4. The number of aromatic nitrogens is 3. The van der Waals surface area contributed by atoms with Crippen molar-refractivity contribution in [3.63, 3.8) is 0 Å². The summed E-state index contributed by atoms with van der Waals surface area (Å²) in [4.78, 5) is 0. The second-order valence-corrected chi connectivity index (χ2v) is 8.15. The topological polar surface area (TPSA) is 124 Å². The fourth-order valence-corrected chi connectivity index (χ4v) is 3.77. The largest absolute Gasteiger partial charge is 0.357 e. The number of nitrogens with one attached hydrogen (secondary N) is 1. The first-order valence-corrected chi connectivity index (χ1v) is 11.0. The molecule has 4 rings (SSSR count). The van der Waals surface area contributed by atoms with Crippen molar-refractivity contribution in [3.8, 4) is 17.2 Å². The zero-order chi connectivity index (χ0) is 23.4. The Morgan fingerprint density at radius 2 is 1.79 bits per heavy atom. The number of hydrogen-bond donors (Lipinski definition) is 2. The molecule has 0 saturated heterocycles. The summed E-state index contributed by atoms with van der Waals surface area (Å²) in [6.07, 6.45) is 2.95. The van der Waals surface area contributed by atoms with E-state index in [9.17, 15) is 18.1 Å². The van der Waals surface area contributed by atoms with Crippen LogP contribution in [0.4, 0.5) is 15.8 Å². The summed E-state index contributed by atoms with van der Waals surface area (Å²) in [6, 6.07) is 20.9. The summed E-state index contributed by atoms with van der Waals surface area (Å²) in [5.74, 6) is -0.848. The second kappa shape index (κ2) is 9.07. The van der Waals surface area contributed by atoms with E-state index in [-0.39, 0.29) is 12.2 Å². The first-order valence-electron chi connectivity index (χ1n) is 9.60. The van der Waals surface area contributed by atoms with Gasteiger partial charge in [0, 0.05) is 5.56 Å². The lowest BCUT2D eigenvalue weighted by Gasteiger charge is -2.26. The fourth-order valence-electron chi connectivity index (χ4n) is 3.32. The highest BCUT2D eigenvalue weighted by Crippen LogP contribution is 2.30. The average Bonchev–Trinajstić information content (AvgIpc) is 3.33. The molecule has 3 aromatic carbocycles. The van der Waals surface area contributed by atoms with Crippen LogP contribution in [0.2, 0.25) is 0 Å². The Balaban J connectivity index is 1.73. The number of halogens is 1. The second-order valence-electron chi connectivity index (χ2n) is 7.00.